The minimum Gasteiger partial charge on any atom is -0.506 e. The lowest BCUT2D eigenvalue weighted by atomic mass is 10.1. The Morgan fingerprint density at radius 1 is 1.29 bits per heavy atom. The van der Waals surface area contributed by atoms with Gasteiger partial charge in [0, 0.05) is 17.8 Å². The molecule has 0 aliphatic carbocycles. The van der Waals surface area contributed by atoms with E-state index in [1.807, 2.05) is 0 Å². The normalized spacial score (nSPS) is 12.0. The van der Waals surface area contributed by atoms with E-state index >= 15 is 0 Å². The minimum atomic E-state index is -0.931. The first-order valence-corrected chi connectivity index (χ1v) is 8.54. The molecule has 0 aliphatic rings. The summed E-state index contributed by atoms with van der Waals surface area (Å²) in [6, 6.07) is 7.05. The third kappa shape index (κ3) is 5.05. The van der Waals surface area contributed by atoms with Crippen LogP contribution < -0.4 is 0 Å². The summed E-state index contributed by atoms with van der Waals surface area (Å²) in [6.45, 7) is 1.57. The summed E-state index contributed by atoms with van der Waals surface area (Å²) < 4.78 is 17.9. The standard InChI is InChI=1S/C18H13Cl2FN2O5/c1-2-28-18(25)13(9-22-11-5-3-10(21)4-6-11)17(24)12-7-16(23(26)27)15(20)8-14(12)19/h3-9,24H,2H2,1H3. The lowest BCUT2D eigenvalue weighted by Gasteiger charge is -2.09. The van der Waals surface area contributed by atoms with E-state index in [9.17, 15) is 24.4 Å². The summed E-state index contributed by atoms with van der Waals surface area (Å²) in [6.07, 6.45) is 0.997. The number of nitro groups is 1. The average Bonchev–Trinajstić information content (AvgIpc) is 2.63. The summed E-state index contributed by atoms with van der Waals surface area (Å²) in [5, 5.41) is 21.3. The van der Waals surface area contributed by atoms with Gasteiger partial charge in [-0.25, -0.2) is 9.18 Å². The highest BCUT2D eigenvalue weighted by atomic mass is 35.5. The van der Waals surface area contributed by atoms with Crippen molar-refractivity contribution in [2.75, 3.05) is 6.61 Å². The first kappa shape index (κ1) is 21.3. The van der Waals surface area contributed by atoms with Crippen LogP contribution in [-0.4, -0.2) is 28.8 Å². The zero-order valence-corrected chi connectivity index (χ0v) is 15.9. The fraction of sp³-hybridized carbons (Fsp3) is 0.111. The van der Waals surface area contributed by atoms with Gasteiger partial charge in [0.25, 0.3) is 5.69 Å². The molecule has 0 bridgehead atoms. The van der Waals surface area contributed by atoms with Crippen LogP contribution in [0.5, 0.6) is 0 Å². The van der Waals surface area contributed by atoms with Crippen molar-refractivity contribution in [3.63, 3.8) is 0 Å². The number of nitrogens with zero attached hydrogens (tertiary/aromatic N) is 2. The average molecular weight is 427 g/mol. The smallest absolute Gasteiger partial charge is 0.343 e. The first-order chi connectivity index (χ1) is 13.2. The highest BCUT2D eigenvalue weighted by Gasteiger charge is 2.23. The molecule has 0 saturated heterocycles. The van der Waals surface area contributed by atoms with Gasteiger partial charge < -0.3 is 9.84 Å². The Balaban J connectivity index is 2.59. The van der Waals surface area contributed by atoms with Gasteiger partial charge in [-0.2, -0.15) is 0 Å². The molecule has 2 aromatic carbocycles. The maximum absolute atomic E-state index is 13.0. The maximum atomic E-state index is 13.0. The van der Waals surface area contributed by atoms with Crippen LogP contribution >= 0.6 is 23.2 Å². The number of nitro benzene ring substituents is 1. The zero-order chi connectivity index (χ0) is 20.8. The van der Waals surface area contributed by atoms with E-state index in [0.29, 0.717) is 5.69 Å². The van der Waals surface area contributed by atoms with Gasteiger partial charge in [-0.1, -0.05) is 23.2 Å². The van der Waals surface area contributed by atoms with Crippen molar-refractivity contribution >= 4 is 52.5 Å². The predicted molar refractivity (Wildman–Crippen MR) is 104 cm³/mol. The molecule has 0 radical (unpaired) electrons. The second-order valence-corrected chi connectivity index (χ2v) is 6.07. The summed E-state index contributed by atoms with van der Waals surface area (Å²) in [5.74, 6) is -2.09. The molecule has 2 aromatic rings. The quantitative estimate of drug-likeness (QED) is 0.169. The molecule has 28 heavy (non-hydrogen) atoms. The SMILES string of the molecule is CCOC(=O)C(C=Nc1ccc(F)cc1)=C(O)c1cc([N+](=O)[O-])c(Cl)cc1Cl. The number of rotatable bonds is 6. The van der Waals surface area contributed by atoms with Gasteiger partial charge in [-0.3, -0.25) is 15.1 Å². The fourth-order valence-electron chi connectivity index (χ4n) is 2.09. The van der Waals surface area contributed by atoms with Crippen molar-refractivity contribution in [2.45, 2.75) is 6.92 Å². The highest BCUT2D eigenvalue weighted by Crippen LogP contribution is 2.34. The van der Waals surface area contributed by atoms with Crippen LogP contribution in [0, 0.1) is 15.9 Å². The van der Waals surface area contributed by atoms with Crippen LogP contribution in [0.3, 0.4) is 0 Å². The number of carbonyl (C=O) groups excluding carboxylic acids is 1. The van der Waals surface area contributed by atoms with Crippen molar-refractivity contribution in [1.82, 2.24) is 0 Å². The van der Waals surface area contributed by atoms with Crippen molar-refractivity contribution in [3.8, 4) is 0 Å². The number of ether oxygens (including phenoxy) is 1. The second-order valence-electron chi connectivity index (χ2n) is 5.26. The maximum Gasteiger partial charge on any atom is 0.343 e. The van der Waals surface area contributed by atoms with E-state index in [1.54, 1.807) is 6.92 Å². The third-order valence-corrected chi connectivity index (χ3v) is 4.02. The van der Waals surface area contributed by atoms with Gasteiger partial charge >= 0.3 is 5.97 Å². The van der Waals surface area contributed by atoms with Crippen molar-refractivity contribution in [1.29, 1.82) is 0 Å². The van der Waals surface area contributed by atoms with E-state index in [4.69, 9.17) is 27.9 Å². The van der Waals surface area contributed by atoms with Crippen LogP contribution in [0.15, 0.2) is 47.0 Å². The molecule has 146 valence electrons. The van der Waals surface area contributed by atoms with Gasteiger partial charge in [0.1, 0.15) is 22.2 Å². The van der Waals surface area contributed by atoms with Crippen LogP contribution in [0.4, 0.5) is 15.8 Å². The predicted octanol–water partition coefficient (Wildman–Crippen LogP) is 5.28. The molecule has 0 aromatic heterocycles. The molecule has 0 heterocycles. The van der Waals surface area contributed by atoms with E-state index < -0.39 is 33.7 Å². The Morgan fingerprint density at radius 3 is 2.50 bits per heavy atom. The van der Waals surface area contributed by atoms with Gasteiger partial charge in [-0.05, 0) is 37.3 Å². The van der Waals surface area contributed by atoms with E-state index in [2.05, 4.69) is 4.99 Å². The number of aliphatic hydroxyl groups excluding tert-OH is 1. The van der Waals surface area contributed by atoms with E-state index in [0.717, 1.165) is 18.3 Å². The molecule has 0 atom stereocenters. The number of esters is 1. The lowest BCUT2D eigenvalue weighted by Crippen LogP contribution is -2.11. The number of aliphatic hydroxyl groups is 1. The van der Waals surface area contributed by atoms with Gasteiger partial charge in [-0.15, -0.1) is 0 Å². The summed E-state index contributed by atoms with van der Waals surface area (Å²) in [5.41, 5.74) is -0.813. The van der Waals surface area contributed by atoms with Crippen LogP contribution in [0.25, 0.3) is 5.76 Å². The van der Waals surface area contributed by atoms with E-state index in [1.165, 1.54) is 24.3 Å². The largest absolute Gasteiger partial charge is 0.506 e. The highest BCUT2D eigenvalue weighted by molar-refractivity contribution is 6.37. The molecule has 0 fully saturated rings. The number of aliphatic imine (C=N–C) groups is 1. The van der Waals surface area contributed by atoms with Gasteiger partial charge in [0.05, 0.1) is 22.2 Å². The second kappa shape index (κ2) is 9.29. The number of benzene rings is 2. The number of halogens is 3. The molecule has 0 saturated carbocycles. The third-order valence-electron chi connectivity index (χ3n) is 3.41. The number of hydrogen-bond donors (Lipinski definition) is 1. The fourth-order valence-corrected chi connectivity index (χ4v) is 2.63. The van der Waals surface area contributed by atoms with Crippen molar-refractivity contribution in [2.24, 2.45) is 4.99 Å². The molecule has 0 aliphatic heterocycles. The molecular formula is C18H13Cl2FN2O5. The first-order valence-electron chi connectivity index (χ1n) is 7.78. The Labute approximate surface area is 168 Å². The zero-order valence-electron chi connectivity index (χ0n) is 14.4. The van der Waals surface area contributed by atoms with Gasteiger partial charge in [0.2, 0.25) is 0 Å². The number of carbonyl (C=O) groups is 1. The Kier molecular flexibility index (Phi) is 7.08. The monoisotopic (exact) mass is 426 g/mol. The summed E-state index contributed by atoms with van der Waals surface area (Å²) >= 11 is 11.8. The molecule has 10 heteroatoms. The van der Waals surface area contributed by atoms with E-state index in [-0.39, 0.29) is 22.2 Å². The molecule has 0 spiro atoms. The number of hydrogen-bond acceptors (Lipinski definition) is 6. The Hall–Kier alpha value is -2.97. The lowest BCUT2D eigenvalue weighted by molar-refractivity contribution is -0.384. The van der Waals surface area contributed by atoms with Crippen molar-refractivity contribution < 1.29 is 24.0 Å². The molecule has 2 rings (SSSR count). The van der Waals surface area contributed by atoms with Gasteiger partial charge in [0.15, 0.2) is 0 Å². The Bertz CT molecular complexity index is 975. The summed E-state index contributed by atoms with van der Waals surface area (Å²) in [7, 11) is 0. The summed E-state index contributed by atoms with van der Waals surface area (Å²) in [4.78, 5) is 26.6. The minimum absolute atomic E-state index is 0.00843. The molecule has 1 N–H and O–H groups in total. The van der Waals surface area contributed by atoms with Crippen LogP contribution in [-0.2, 0) is 9.53 Å². The van der Waals surface area contributed by atoms with Crippen LogP contribution in [0.1, 0.15) is 12.5 Å². The molecule has 0 unspecified atom stereocenters. The topological polar surface area (TPSA) is 102 Å². The molecular weight excluding hydrogens is 414 g/mol. The van der Waals surface area contributed by atoms with Crippen LogP contribution in [0.2, 0.25) is 10.0 Å². The Morgan fingerprint density at radius 2 is 1.93 bits per heavy atom. The molecule has 0 amide bonds. The van der Waals surface area contributed by atoms with Crippen molar-refractivity contribution in [3.05, 3.63) is 73.5 Å². The molecule has 7 nitrogen and oxygen atoms in total.